The molecule has 2 N–H and O–H groups in total. The molecule has 1 aliphatic heterocycles. The molecular weight excluding hydrogens is 252 g/mol. The molecule has 1 amide bonds. The lowest BCUT2D eigenvalue weighted by molar-refractivity contribution is -0.149. The van der Waals surface area contributed by atoms with Crippen LogP contribution in [-0.4, -0.2) is 42.1 Å². The van der Waals surface area contributed by atoms with E-state index in [2.05, 4.69) is 6.92 Å². The Bertz CT molecular complexity index is 306. The fraction of sp³-hybridized carbons (Fsp3) is 0.938. The number of likely N-dealkylation sites (tertiary alicyclic amines) is 1. The number of hydrogen-bond acceptors (Lipinski definition) is 3. The number of nitrogens with zero attached hydrogens (tertiary/aromatic N) is 1. The van der Waals surface area contributed by atoms with Crippen molar-refractivity contribution in [1.29, 1.82) is 0 Å². The molecule has 4 heteroatoms. The molecule has 116 valence electrons. The van der Waals surface area contributed by atoms with Crippen LogP contribution in [0.5, 0.6) is 0 Å². The van der Waals surface area contributed by atoms with Crippen LogP contribution in [0.1, 0.15) is 58.8 Å². The lowest BCUT2D eigenvalue weighted by Gasteiger charge is -2.35. The summed E-state index contributed by atoms with van der Waals surface area (Å²) >= 11 is 0. The monoisotopic (exact) mass is 282 g/mol. The average molecular weight is 282 g/mol. The lowest BCUT2D eigenvalue weighted by Crippen LogP contribution is -2.47. The summed E-state index contributed by atoms with van der Waals surface area (Å²) in [5, 5.41) is 0. The molecule has 4 nitrogen and oxygen atoms in total. The third kappa shape index (κ3) is 3.95. The van der Waals surface area contributed by atoms with Crippen molar-refractivity contribution in [2.75, 3.05) is 13.1 Å². The van der Waals surface area contributed by atoms with Crippen molar-refractivity contribution < 1.29 is 9.53 Å². The number of nitrogens with two attached hydrogens (primary N) is 1. The average Bonchev–Trinajstić information content (AvgIpc) is 2.97. The van der Waals surface area contributed by atoms with Gasteiger partial charge in [-0.25, -0.2) is 0 Å². The summed E-state index contributed by atoms with van der Waals surface area (Å²) in [5.74, 6) is 0.761. The first-order chi connectivity index (χ1) is 9.61. The molecule has 1 saturated carbocycles. The molecule has 0 bridgehead atoms. The van der Waals surface area contributed by atoms with Crippen molar-refractivity contribution in [3.63, 3.8) is 0 Å². The second-order valence-electron chi connectivity index (χ2n) is 6.46. The van der Waals surface area contributed by atoms with Crippen LogP contribution in [0.2, 0.25) is 0 Å². The Morgan fingerprint density at radius 1 is 1.25 bits per heavy atom. The van der Waals surface area contributed by atoms with Crippen LogP contribution in [0.25, 0.3) is 0 Å². The van der Waals surface area contributed by atoms with E-state index in [9.17, 15) is 4.79 Å². The fourth-order valence-electron chi connectivity index (χ4n) is 3.44. The molecule has 2 atom stereocenters. The summed E-state index contributed by atoms with van der Waals surface area (Å²) in [6.45, 7) is 5.80. The number of carbonyl (C=O) groups excluding carboxylic acids is 1. The standard InChI is InChI=1S/C16H30N2O2/c1-3-15(20-14-6-4-5-7-14)16(19)18-10-8-13(9-11-18)12(2)17/h12-15H,3-11,17H2,1-2H3. The highest BCUT2D eigenvalue weighted by Crippen LogP contribution is 2.25. The quantitative estimate of drug-likeness (QED) is 0.842. The SMILES string of the molecule is CCC(OC1CCCC1)C(=O)N1CCC(C(C)N)CC1. The molecular formula is C16H30N2O2. The largest absolute Gasteiger partial charge is 0.365 e. The van der Waals surface area contributed by atoms with Crippen LogP contribution in [0.4, 0.5) is 0 Å². The van der Waals surface area contributed by atoms with E-state index in [4.69, 9.17) is 10.5 Å². The molecule has 2 unspecified atom stereocenters. The van der Waals surface area contributed by atoms with Crippen molar-refractivity contribution in [2.24, 2.45) is 11.7 Å². The summed E-state index contributed by atoms with van der Waals surface area (Å²) in [6, 6.07) is 0.240. The van der Waals surface area contributed by atoms with Crippen LogP contribution < -0.4 is 5.73 Å². The maximum Gasteiger partial charge on any atom is 0.251 e. The van der Waals surface area contributed by atoms with Gasteiger partial charge >= 0.3 is 0 Å². The Morgan fingerprint density at radius 2 is 1.85 bits per heavy atom. The maximum absolute atomic E-state index is 12.6. The maximum atomic E-state index is 12.6. The van der Waals surface area contributed by atoms with Gasteiger partial charge in [-0.05, 0) is 44.9 Å². The zero-order chi connectivity index (χ0) is 14.5. The van der Waals surface area contributed by atoms with Gasteiger partial charge in [0.15, 0.2) is 0 Å². The highest BCUT2D eigenvalue weighted by molar-refractivity contribution is 5.81. The molecule has 1 aliphatic carbocycles. The van der Waals surface area contributed by atoms with Gasteiger partial charge in [0.05, 0.1) is 6.10 Å². The Morgan fingerprint density at radius 3 is 2.35 bits per heavy atom. The number of piperidine rings is 1. The van der Waals surface area contributed by atoms with E-state index in [1.807, 2.05) is 11.8 Å². The predicted octanol–water partition coefficient (Wildman–Crippen LogP) is 2.31. The van der Waals surface area contributed by atoms with E-state index < -0.39 is 0 Å². The molecule has 0 radical (unpaired) electrons. The van der Waals surface area contributed by atoms with E-state index in [1.54, 1.807) is 0 Å². The number of hydrogen-bond donors (Lipinski definition) is 1. The van der Waals surface area contributed by atoms with Crippen LogP contribution in [0, 0.1) is 5.92 Å². The Hall–Kier alpha value is -0.610. The van der Waals surface area contributed by atoms with Crippen LogP contribution in [-0.2, 0) is 9.53 Å². The number of carbonyl (C=O) groups is 1. The van der Waals surface area contributed by atoms with Crippen molar-refractivity contribution >= 4 is 5.91 Å². The number of ether oxygens (including phenoxy) is 1. The molecule has 20 heavy (non-hydrogen) atoms. The molecule has 2 fully saturated rings. The Kier molecular flexibility index (Phi) is 5.85. The first-order valence-electron chi connectivity index (χ1n) is 8.31. The topological polar surface area (TPSA) is 55.6 Å². The predicted molar refractivity (Wildman–Crippen MR) is 80.4 cm³/mol. The highest BCUT2D eigenvalue weighted by atomic mass is 16.5. The van der Waals surface area contributed by atoms with Crippen LogP contribution in [0.15, 0.2) is 0 Å². The van der Waals surface area contributed by atoms with Gasteiger partial charge in [-0.2, -0.15) is 0 Å². The van der Waals surface area contributed by atoms with E-state index >= 15 is 0 Å². The minimum absolute atomic E-state index is 0.197. The third-order valence-corrected chi connectivity index (χ3v) is 4.90. The zero-order valence-electron chi connectivity index (χ0n) is 13.0. The van der Waals surface area contributed by atoms with Gasteiger partial charge < -0.3 is 15.4 Å². The molecule has 2 aliphatic rings. The fourth-order valence-corrected chi connectivity index (χ4v) is 3.44. The summed E-state index contributed by atoms with van der Waals surface area (Å²) < 4.78 is 6.03. The molecule has 2 rings (SSSR count). The Balaban J connectivity index is 1.82. The van der Waals surface area contributed by atoms with Gasteiger partial charge in [0.1, 0.15) is 6.10 Å². The van der Waals surface area contributed by atoms with Crippen LogP contribution in [0.3, 0.4) is 0 Å². The minimum Gasteiger partial charge on any atom is -0.365 e. The smallest absolute Gasteiger partial charge is 0.251 e. The highest BCUT2D eigenvalue weighted by Gasteiger charge is 2.31. The lowest BCUT2D eigenvalue weighted by atomic mass is 9.90. The minimum atomic E-state index is -0.232. The molecule has 0 aromatic rings. The summed E-state index contributed by atoms with van der Waals surface area (Å²) in [4.78, 5) is 14.6. The van der Waals surface area contributed by atoms with Gasteiger partial charge in [-0.1, -0.05) is 19.8 Å². The van der Waals surface area contributed by atoms with Gasteiger partial charge in [-0.3, -0.25) is 4.79 Å². The number of rotatable bonds is 5. The molecule has 0 spiro atoms. The molecule has 0 aromatic heterocycles. The van der Waals surface area contributed by atoms with Gasteiger partial charge in [-0.15, -0.1) is 0 Å². The number of amides is 1. The molecule has 1 heterocycles. The normalized spacial score (nSPS) is 24.9. The summed E-state index contributed by atoms with van der Waals surface area (Å²) in [5.41, 5.74) is 5.96. The molecule has 1 saturated heterocycles. The first kappa shape index (κ1) is 15.8. The molecule has 0 aromatic carbocycles. The third-order valence-electron chi connectivity index (χ3n) is 4.90. The van der Waals surface area contributed by atoms with Gasteiger partial charge in [0.2, 0.25) is 0 Å². The van der Waals surface area contributed by atoms with E-state index in [0.717, 1.165) is 45.2 Å². The Labute approximate surface area is 123 Å². The summed E-state index contributed by atoms with van der Waals surface area (Å²) in [6.07, 6.45) is 7.65. The van der Waals surface area contributed by atoms with Crippen molar-refractivity contribution in [2.45, 2.75) is 77.0 Å². The van der Waals surface area contributed by atoms with Crippen LogP contribution >= 0.6 is 0 Å². The van der Waals surface area contributed by atoms with Crippen molar-refractivity contribution in [1.82, 2.24) is 4.90 Å². The van der Waals surface area contributed by atoms with Gasteiger partial charge in [0, 0.05) is 19.1 Å². The van der Waals surface area contributed by atoms with E-state index in [1.165, 1.54) is 12.8 Å². The van der Waals surface area contributed by atoms with E-state index in [-0.39, 0.29) is 18.1 Å². The van der Waals surface area contributed by atoms with Gasteiger partial charge in [0.25, 0.3) is 5.91 Å². The zero-order valence-corrected chi connectivity index (χ0v) is 13.0. The van der Waals surface area contributed by atoms with E-state index in [0.29, 0.717) is 12.0 Å². The first-order valence-corrected chi connectivity index (χ1v) is 8.31. The summed E-state index contributed by atoms with van der Waals surface area (Å²) in [7, 11) is 0. The van der Waals surface area contributed by atoms with Crippen molar-refractivity contribution in [3.8, 4) is 0 Å². The van der Waals surface area contributed by atoms with Crippen molar-refractivity contribution in [3.05, 3.63) is 0 Å². The second-order valence-corrected chi connectivity index (χ2v) is 6.46. The second kappa shape index (κ2) is 7.41.